The van der Waals surface area contributed by atoms with E-state index >= 15 is 0 Å². The van der Waals surface area contributed by atoms with Crippen LogP contribution >= 0.6 is 0 Å². The smallest absolute Gasteiger partial charge is 0.407 e. The van der Waals surface area contributed by atoms with Crippen molar-refractivity contribution in [2.75, 3.05) is 65.1 Å². The Balaban J connectivity index is 1.84. The molecule has 8 amide bonds. The molecular formula is C36H55N7O11. The van der Waals surface area contributed by atoms with Crippen molar-refractivity contribution in [1.82, 2.24) is 26.2 Å². The third-order valence-electron chi connectivity index (χ3n) is 7.96. The van der Waals surface area contributed by atoms with Gasteiger partial charge in [-0.1, -0.05) is 32.4 Å². The minimum atomic E-state index is -1.02. The van der Waals surface area contributed by atoms with Crippen LogP contribution in [0.1, 0.15) is 57.9 Å². The van der Waals surface area contributed by atoms with Crippen LogP contribution in [-0.4, -0.2) is 118 Å². The molecule has 1 aliphatic rings. The Bertz CT molecular complexity index is 1390. The summed E-state index contributed by atoms with van der Waals surface area (Å²) in [6, 6.07) is 3.93. The fraction of sp³-hybridized carbons (Fsp3) is 0.583. The summed E-state index contributed by atoms with van der Waals surface area (Å²) >= 11 is 0. The van der Waals surface area contributed by atoms with E-state index in [1.54, 1.807) is 45.2 Å². The second kappa shape index (κ2) is 25.8. The summed E-state index contributed by atoms with van der Waals surface area (Å²) in [6.07, 6.45) is 4.06. The number of methoxy groups -OCH3 is 1. The van der Waals surface area contributed by atoms with Crippen molar-refractivity contribution in [1.29, 1.82) is 0 Å². The van der Waals surface area contributed by atoms with Crippen molar-refractivity contribution in [3.8, 4) is 0 Å². The lowest BCUT2D eigenvalue weighted by molar-refractivity contribution is -0.137. The van der Waals surface area contributed by atoms with Crippen LogP contribution in [0.4, 0.5) is 15.3 Å². The standard InChI is InChI=1S/C36H55N7O11/c1-25(2)32(42-29(44)9-5-4-6-18-43-30(45)14-15-31(43)46)34(48)41-28(8-7-16-38-35(37)49)33(47)40-27-12-10-26(11-13-27)24-54-36(50)39-17-19-52-22-23-53-21-20-51-3/h10-15,25,28,32H,4-9,16-24H2,1-3H3,(H,39,50)(H,40,47)(H,41,48)(H,42,44)(H3,37,38,49)/t28-,32-/m0/s1. The van der Waals surface area contributed by atoms with Gasteiger partial charge in [-0.2, -0.15) is 0 Å². The third-order valence-corrected chi connectivity index (χ3v) is 7.96. The monoisotopic (exact) mass is 761 g/mol. The first kappa shape index (κ1) is 45.1. The number of ether oxygens (including phenoxy) is 4. The zero-order chi connectivity index (χ0) is 39.7. The zero-order valence-electron chi connectivity index (χ0n) is 31.3. The molecule has 300 valence electrons. The molecule has 0 radical (unpaired) electrons. The SMILES string of the molecule is COCCOCCOCCNC(=O)OCc1ccc(NC(=O)[C@H](CCCNC(N)=O)NC(=O)[C@@H](NC(=O)CCCCCN2C(=O)C=CC2=O)C(C)C)cc1. The Labute approximate surface area is 315 Å². The van der Waals surface area contributed by atoms with Crippen molar-refractivity contribution in [2.24, 2.45) is 11.7 Å². The molecule has 18 nitrogen and oxygen atoms in total. The maximum Gasteiger partial charge on any atom is 0.407 e. The Morgan fingerprint density at radius 2 is 1.44 bits per heavy atom. The number of anilines is 1. The first-order chi connectivity index (χ1) is 25.9. The van der Waals surface area contributed by atoms with Gasteiger partial charge in [-0.15, -0.1) is 0 Å². The number of urea groups is 1. The number of hydrogen-bond donors (Lipinski definition) is 6. The van der Waals surface area contributed by atoms with Crippen LogP contribution in [0, 0.1) is 5.92 Å². The number of nitrogens with zero attached hydrogens (tertiary/aromatic N) is 1. The van der Waals surface area contributed by atoms with Crippen LogP contribution in [-0.2, 0) is 49.5 Å². The Hall–Kier alpha value is -5.07. The van der Waals surface area contributed by atoms with E-state index in [9.17, 15) is 33.6 Å². The van der Waals surface area contributed by atoms with E-state index in [1.165, 1.54) is 12.2 Å². The molecule has 0 saturated heterocycles. The summed E-state index contributed by atoms with van der Waals surface area (Å²) in [7, 11) is 1.59. The summed E-state index contributed by atoms with van der Waals surface area (Å²) < 4.78 is 20.8. The number of alkyl carbamates (subject to hydrolysis) is 1. The van der Waals surface area contributed by atoms with Gasteiger partial charge in [0.25, 0.3) is 11.8 Å². The van der Waals surface area contributed by atoms with Gasteiger partial charge >= 0.3 is 12.1 Å². The quantitative estimate of drug-likeness (QED) is 0.0547. The van der Waals surface area contributed by atoms with Gasteiger partial charge in [-0.3, -0.25) is 28.9 Å². The van der Waals surface area contributed by atoms with Gasteiger partial charge < -0.3 is 51.3 Å². The first-order valence-corrected chi connectivity index (χ1v) is 18.0. The molecule has 54 heavy (non-hydrogen) atoms. The number of carbonyl (C=O) groups is 7. The van der Waals surface area contributed by atoms with Gasteiger partial charge in [0.2, 0.25) is 17.7 Å². The highest BCUT2D eigenvalue weighted by Gasteiger charge is 2.29. The molecule has 2 atom stereocenters. The Morgan fingerprint density at radius 1 is 0.778 bits per heavy atom. The molecule has 0 unspecified atom stereocenters. The van der Waals surface area contributed by atoms with Gasteiger partial charge in [-0.25, -0.2) is 9.59 Å². The molecule has 18 heteroatoms. The second-order valence-corrected chi connectivity index (χ2v) is 12.7. The molecule has 0 fully saturated rings. The van der Waals surface area contributed by atoms with Crippen LogP contribution in [0.25, 0.3) is 0 Å². The van der Waals surface area contributed by atoms with Crippen molar-refractivity contribution >= 4 is 47.3 Å². The van der Waals surface area contributed by atoms with E-state index in [2.05, 4.69) is 26.6 Å². The summed E-state index contributed by atoms with van der Waals surface area (Å²) in [6.45, 7) is 6.31. The normalized spacial score (nSPS) is 13.4. The van der Waals surface area contributed by atoms with Crippen LogP contribution in [0.5, 0.6) is 0 Å². The Kier molecular flexibility index (Phi) is 21.6. The van der Waals surface area contributed by atoms with E-state index in [0.29, 0.717) is 70.0 Å². The number of unbranched alkanes of at least 4 members (excludes halogenated alkanes) is 2. The molecule has 1 heterocycles. The van der Waals surface area contributed by atoms with Crippen LogP contribution in [0.15, 0.2) is 36.4 Å². The number of nitrogens with one attached hydrogen (secondary N) is 5. The number of benzene rings is 1. The number of rotatable bonds is 27. The Morgan fingerprint density at radius 3 is 2.09 bits per heavy atom. The van der Waals surface area contributed by atoms with Gasteiger partial charge in [0.05, 0.1) is 33.0 Å². The van der Waals surface area contributed by atoms with Gasteiger partial charge in [0, 0.05) is 51.0 Å². The highest BCUT2D eigenvalue weighted by Crippen LogP contribution is 2.13. The lowest BCUT2D eigenvalue weighted by Gasteiger charge is -2.25. The molecule has 0 saturated carbocycles. The number of imide groups is 1. The molecule has 1 aromatic rings. The maximum absolute atomic E-state index is 13.4. The van der Waals surface area contributed by atoms with Crippen LogP contribution in [0.2, 0.25) is 0 Å². The van der Waals surface area contributed by atoms with Crippen molar-refractivity contribution in [3.05, 3.63) is 42.0 Å². The second-order valence-electron chi connectivity index (χ2n) is 12.7. The van der Waals surface area contributed by atoms with Crippen LogP contribution in [0.3, 0.4) is 0 Å². The van der Waals surface area contributed by atoms with Crippen molar-refractivity contribution < 1.29 is 52.5 Å². The van der Waals surface area contributed by atoms with Gasteiger partial charge in [0.1, 0.15) is 18.7 Å². The molecule has 0 spiro atoms. The zero-order valence-corrected chi connectivity index (χ0v) is 31.3. The van der Waals surface area contributed by atoms with Crippen molar-refractivity contribution in [3.63, 3.8) is 0 Å². The number of amides is 8. The van der Waals surface area contributed by atoms with Crippen molar-refractivity contribution in [2.45, 2.75) is 71.1 Å². The average Bonchev–Trinajstić information content (AvgIpc) is 3.46. The molecule has 0 aromatic heterocycles. The average molecular weight is 762 g/mol. The van der Waals surface area contributed by atoms with E-state index in [4.69, 9.17) is 24.7 Å². The van der Waals surface area contributed by atoms with Gasteiger partial charge in [0.15, 0.2) is 0 Å². The highest BCUT2D eigenvalue weighted by molar-refractivity contribution is 6.12. The molecule has 2 rings (SSSR count). The summed E-state index contributed by atoms with van der Waals surface area (Å²) in [5.41, 5.74) is 6.24. The molecule has 1 aliphatic heterocycles. The highest BCUT2D eigenvalue weighted by atomic mass is 16.6. The molecule has 1 aromatic carbocycles. The summed E-state index contributed by atoms with van der Waals surface area (Å²) in [5.74, 6) is -2.43. The third kappa shape index (κ3) is 18.6. The fourth-order valence-corrected chi connectivity index (χ4v) is 5.02. The molecule has 7 N–H and O–H groups in total. The predicted molar refractivity (Wildman–Crippen MR) is 197 cm³/mol. The number of primary amides is 1. The minimum Gasteiger partial charge on any atom is -0.445 e. The number of carbonyl (C=O) groups excluding carboxylic acids is 7. The fourth-order valence-electron chi connectivity index (χ4n) is 5.02. The van der Waals surface area contributed by atoms with Gasteiger partial charge in [-0.05, 0) is 49.3 Å². The number of hydrogen-bond acceptors (Lipinski definition) is 11. The van der Waals surface area contributed by atoms with Crippen LogP contribution < -0.4 is 32.3 Å². The first-order valence-electron chi connectivity index (χ1n) is 18.0. The van der Waals surface area contributed by atoms with E-state index in [1.807, 2.05) is 0 Å². The molecular weight excluding hydrogens is 706 g/mol. The molecule has 0 bridgehead atoms. The lowest BCUT2D eigenvalue weighted by atomic mass is 10.0. The van der Waals surface area contributed by atoms with E-state index in [-0.39, 0.29) is 62.7 Å². The topological polar surface area (TPSA) is 246 Å². The maximum atomic E-state index is 13.4. The van der Waals surface area contributed by atoms with E-state index in [0.717, 1.165) is 4.90 Å². The van der Waals surface area contributed by atoms with E-state index < -0.39 is 36.0 Å². The summed E-state index contributed by atoms with van der Waals surface area (Å²) in [4.78, 5) is 87.2. The summed E-state index contributed by atoms with van der Waals surface area (Å²) in [5, 5.41) is 13.3. The predicted octanol–water partition coefficient (Wildman–Crippen LogP) is 1.09. The largest absolute Gasteiger partial charge is 0.445 e. The number of nitrogens with two attached hydrogens (primary N) is 1. The molecule has 0 aliphatic carbocycles. The lowest BCUT2D eigenvalue weighted by Crippen LogP contribution is -2.54. The minimum absolute atomic E-state index is 0.0134.